The molecule has 24 heavy (non-hydrogen) atoms. The lowest BCUT2D eigenvalue weighted by molar-refractivity contribution is -0.0234. The summed E-state index contributed by atoms with van der Waals surface area (Å²) in [6, 6.07) is 11.7. The van der Waals surface area contributed by atoms with E-state index in [-0.39, 0.29) is 12.0 Å². The molecule has 2 heterocycles. The molecule has 1 aromatic heterocycles. The van der Waals surface area contributed by atoms with Gasteiger partial charge in [-0.25, -0.2) is 4.98 Å². The largest absolute Gasteiger partial charge is 0.491 e. The number of aromatic nitrogens is 1. The molecule has 0 spiro atoms. The summed E-state index contributed by atoms with van der Waals surface area (Å²) in [5, 5.41) is 0. The Morgan fingerprint density at radius 1 is 1.33 bits per heavy atom. The summed E-state index contributed by atoms with van der Waals surface area (Å²) in [6.45, 7) is 6.05. The van der Waals surface area contributed by atoms with E-state index in [0.717, 1.165) is 5.56 Å². The zero-order valence-electron chi connectivity index (χ0n) is 14.1. The Bertz CT molecular complexity index is 717. The van der Waals surface area contributed by atoms with Gasteiger partial charge in [0, 0.05) is 12.7 Å². The molecule has 0 bridgehead atoms. The van der Waals surface area contributed by atoms with Crippen molar-refractivity contribution in [3.63, 3.8) is 0 Å². The SMILES string of the molecule is CCOc1cccnc1C(=O)N1CCO[C@@H](c2ccccc2C)C1. The highest BCUT2D eigenvalue weighted by Gasteiger charge is 2.29. The molecule has 5 nitrogen and oxygen atoms in total. The predicted octanol–water partition coefficient (Wildman–Crippen LogP) is 3.00. The lowest BCUT2D eigenvalue weighted by Crippen LogP contribution is -2.42. The third kappa shape index (κ3) is 3.41. The summed E-state index contributed by atoms with van der Waals surface area (Å²) in [7, 11) is 0. The Morgan fingerprint density at radius 3 is 2.96 bits per heavy atom. The zero-order valence-corrected chi connectivity index (χ0v) is 14.1. The van der Waals surface area contributed by atoms with E-state index in [0.29, 0.717) is 37.7 Å². The first-order valence-corrected chi connectivity index (χ1v) is 8.25. The molecular formula is C19H22N2O3. The minimum atomic E-state index is -0.110. The van der Waals surface area contributed by atoms with Crippen LogP contribution in [0.25, 0.3) is 0 Å². The summed E-state index contributed by atoms with van der Waals surface area (Å²) in [5.74, 6) is 0.421. The molecule has 126 valence electrons. The fourth-order valence-electron chi connectivity index (χ4n) is 2.94. The highest BCUT2D eigenvalue weighted by molar-refractivity contribution is 5.95. The van der Waals surface area contributed by atoms with E-state index in [4.69, 9.17) is 9.47 Å². The van der Waals surface area contributed by atoms with Crippen molar-refractivity contribution < 1.29 is 14.3 Å². The molecule has 1 aliphatic rings. The molecule has 0 unspecified atom stereocenters. The molecule has 0 saturated carbocycles. The van der Waals surface area contributed by atoms with Crippen molar-refractivity contribution in [1.29, 1.82) is 0 Å². The summed E-state index contributed by atoms with van der Waals surface area (Å²) in [6.07, 6.45) is 1.51. The second-order valence-electron chi connectivity index (χ2n) is 5.75. The maximum Gasteiger partial charge on any atom is 0.276 e. The Hall–Kier alpha value is -2.40. The Labute approximate surface area is 142 Å². The van der Waals surface area contributed by atoms with Crippen LogP contribution in [0.1, 0.15) is 34.6 Å². The number of ether oxygens (including phenoxy) is 2. The van der Waals surface area contributed by atoms with Gasteiger partial charge in [0.15, 0.2) is 11.4 Å². The van der Waals surface area contributed by atoms with Crippen LogP contribution in [0.2, 0.25) is 0 Å². The van der Waals surface area contributed by atoms with E-state index in [2.05, 4.69) is 24.0 Å². The minimum absolute atomic E-state index is 0.108. The summed E-state index contributed by atoms with van der Waals surface area (Å²) < 4.78 is 11.4. The molecule has 1 fully saturated rings. The van der Waals surface area contributed by atoms with Gasteiger partial charge in [-0.1, -0.05) is 24.3 Å². The van der Waals surface area contributed by atoms with Gasteiger partial charge in [0.1, 0.15) is 6.10 Å². The monoisotopic (exact) mass is 326 g/mol. The normalized spacial score (nSPS) is 17.6. The predicted molar refractivity (Wildman–Crippen MR) is 91.2 cm³/mol. The minimum Gasteiger partial charge on any atom is -0.491 e. The first kappa shape index (κ1) is 16.5. The van der Waals surface area contributed by atoms with E-state index in [1.165, 1.54) is 5.56 Å². The number of rotatable bonds is 4. The summed E-state index contributed by atoms with van der Waals surface area (Å²) >= 11 is 0. The number of carbonyl (C=O) groups excluding carboxylic acids is 1. The van der Waals surface area contributed by atoms with Crippen molar-refractivity contribution in [3.8, 4) is 5.75 Å². The van der Waals surface area contributed by atoms with E-state index < -0.39 is 0 Å². The first-order chi connectivity index (χ1) is 11.7. The van der Waals surface area contributed by atoms with Crippen LogP contribution in [0.5, 0.6) is 5.75 Å². The highest BCUT2D eigenvalue weighted by atomic mass is 16.5. The number of pyridine rings is 1. The number of nitrogens with zero attached hydrogens (tertiary/aromatic N) is 2. The number of benzene rings is 1. The van der Waals surface area contributed by atoms with Gasteiger partial charge in [0.25, 0.3) is 5.91 Å². The van der Waals surface area contributed by atoms with Crippen LogP contribution >= 0.6 is 0 Å². The Kier molecular flexibility index (Phi) is 5.11. The average molecular weight is 326 g/mol. The van der Waals surface area contributed by atoms with Gasteiger partial charge in [-0.05, 0) is 37.1 Å². The fourth-order valence-corrected chi connectivity index (χ4v) is 2.94. The van der Waals surface area contributed by atoms with Crippen molar-refractivity contribution in [3.05, 3.63) is 59.4 Å². The van der Waals surface area contributed by atoms with Gasteiger partial charge >= 0.3 is 0 Å². The average Bonchev–Trinajstić information content (AvgIpc) is 2.62. The van der Waals surface area contributed by atoms with Crippen LogP contribution in [0.15, 0.2) is 42.6 Å². The molecule has 1 aromatic carbocycles. The van der Waals surface area contributed by atoms with Gasteiger partial charge in [0.2, 0.25) is 0 Å². The van der Waals surface area contributed by atoms with Crippen LogP contribution in [0, 0.1) is 6.92 Å². The van der Waals surface area contributed by atoms with Gasteiger partial charge < -0.3 is 14.4 Å². The maximum atomic E-state index is 12.9. The molecule has 1 atom stereocenters. The molecule has 1 saturated heterocycles. The topological polar surface area (TPSA) is 51.7 Å². The van der Waals surface area contributed by atoms with Crippen molar-refractivity contribution in [2.75, 3.05) is 26.3 Å². The van der Waals surface area contributed by atoms with Crippen molar-refractivity contribution in [1.82, 2.24) is 9.88 Å². The molecule has 3 rings (SSSR count). The van der Waals surface area contributed by atoms with E-state index in [1.54, 1.807) is 23.2 Å². The standard InChI is InChI=1S/C19H22N2O3/c1-3-23-16-9-6-10-20-18(16)19(22)21-11-12-24-17(13-21)15-8-5-4-7-14(15)2/h4-10,17H,3,11-13H2,1-2H3/t17-/m1/s1. The van der Waals surface area contributed by atoms with Gasteiger partial charge in [-0.3, -0.25) is 4.79 Å². The number of morpholine rings is 1. The third-order valence-corrected chi connectivity index (χ3v) is 4.16. The van der Waals surface area contributed by atoms with Crippen molar-refractivity contribution >= 4 is 5.91 Å². The van der Waals surface area contributed by atoms with Crippen LogP contribution in [-0.4, -0.2) is 42.1 Å². The lowest BCUT2D eigenvalue weighted by Gasteiger charge is -2.33. The third-order valence-electron chi connectivity index (χ3n) is 4.16. The molecule has 0 radical (unpaired) electrons. The summed E-state index contributed by atoms with van der Waals surface area (Å²) in [4.78, 5) is 18.9. The molecule has 1 amide bonds. The molecule has 2 aromatic rings. The van der Waals surface area contributed by atoms with Gasteiger partial charge in [0.05, 0.1) is 19.8 Å². The second kappa shape index (κ2) is 7.45. The molecule has 0 aliphatic carbocycles. The molecule has 5 heteroatoms. The molecular weight excluding hydrogens is 304 g/mol. The van der Waals surface area contributed by atoms with E-state index >= 15 is 0 Å². The van der Waals surface area contributed by atoms with Crippen LogP contribution < -0.4 is 4.74 Å². The zero-order chi connectivity index (χ0) is 16.9. The number of hydrogen-bond donors (Lipinski definition) is 0. The lowest BCUT2D eigenvalue weighted by atomic mass is 10.0. The Balaban J connectivity index is 1.80. The smallest absolute Gasteiger partial charge is 0.276 e. The quantitative estimate of drug-likeness (QED) is 0.867. The van der Waals surface area contributed by atoms with Gasteiger partial charge in [-0.2, -0.15) is 0 Å². The van der Waals surface area contributed by atoms with E-state index in [9.17, 15) is 4.79 Å². The maximum absolute atomic E-state index is 12.9. The van der Waals surface area contributed by atoms with Crippen molar-refractivity contribution in [2.24, 2.45) is 0 Å². The van der Waals surface area contributed by atoms with Crippen molar-refractivity contribution in [2.45, 2.75) is 20.0 Å². The van der Waals surface area contributed by atoms with Crippen LogP contribution in [0.4, 0.5) is 0 Å². The van der Waals surface area contributed by atoms with Gasteiger partial charge in [-0.15, -0.1) is 0 Å². The summed E-state index contributed by atoms with van der Waals surface area (Å²) in [5.41, 5.74) is 2.66. The highest BCUT2D eigenvalue weighted by Crippen LogP contribution is 2.26. The number of carbonyl (C=O) groups is 1. The Morgan fingerprint density at radius 2 is 2.17 bits per heavy atom. The van der Waals surface area contributed by atoms with E-state index in [1.807, 2.05) is 19.1 Å². The fraction of sp³-hybridized carbons (Fsp3) is 0.368. The number of aryl methyl sites for hydroxylation is 1. The molecule has 1 aliphatic heterocycles. The van der Waals surface area contributed by atoms with Crippen LogP contribution in [0.3, 0.4) is 0 Å². The number of hydrogen-bond acceptors (Lipinski definition) is 4. The molecule has 0 N–H and O–H groups in total. The number of amides is 1. The second-order valence-corrected chi connectivity index (χ2v) is 5.75. The first-order valence-electron chi connectivity index (χ1n) is 8.25. The van der Waals surface area contributed by atoms with Crippen LogP contribution in [-0.2, 0) is 4.74 Å².